The van der Waals surface area contributed by atoms with Gasteiger partial charge in [-0.1, -0.05) is 38.3 Å². The summed E-state index contributed by atoms with van der Waals surface area (Å²) in [7, 11) is 0. The topological polar surface area (TPSA) is 31.4 Å². The van der Waals surface area contributed by atoms with Gasteiger partial charge in [-0.2, -0.15) is 0 Å². The van der Waals surface area contributed by atoms with Crippen LogP contribution in [0.1, 0.15) is 19.3 Å². The largest absolute Gasteiger partial charge is 0.492 e. The fourth-order valence-corrected chi connectivity index (χ4v) is 5.50. The van der Waals surface area contributed by atoms with E-state index in [1.54, 1.807) is 0 Å². The number of halogens is 6. The molecule has 2 aromatic carbocycles. The van der Waals surface area contributed by atoms with E-state index < -0.39 is 0 Å². The van der Waals surface area contributed by atoms with E-state index in [-0.39, 0.29) is 49.6 Å². The molecule has 2 fully saturated rings. The van der Waals surface area contributed by atoms with Crippen LogP contribution in [-0.2, 0) is 0 Å². The van der Waals surface area contributed by atoms with Crippen LogP contribution in [0.5, 0.6) is 11.5 Å². The summed E-state index contributed by atoms with van der Waals surface area (Å²) in [6.07, 6.45) is 3.97. The van der Waals surface area contributed by atoms with Crippen molar-refractivity contribution in [3.8, 4) is 11.5 Å². The zero-order chi connectivity index (χ0) is 25.7. The van der Waals surface area contributed by atoms with Crippen LogP contribution in [0.15, 0.2) is 57.5 Å². The first-order valence-electron chi connectivity index (χ1n) is 13.8. The summed E-state index contributed by atoms with van der Waals surface area (Å²) >= 11 is 6.93. The molecule has 0 radical (unpaired) electrons. The molecular weight excluding hydrogens is 738 g/mol. The molecule has 2 saturated heterocycles. The van der Waals surface area contributed by atoms with E-state index >= 15 is 0 Å². The lowest BCUT2D eigenvalue weighted by molar-refractivity contribution is 0.110. The van der Waals surface area contributed by atoms with Crippen LogP contribution in [0.2, 0.25) is 0 Å². The average molecular weight is 784 g/mol. The van der Waals surface area contributed by atoms with Crippen LogP contribution in [-0.4, -0.2) is 111 Å². The van der Waals surface area contributed by atoms with Crippen LogP contribution in [0, 0.1) is 0 Å². The predicted octanol–water partition coefficient (Wildman–Crippen LogP) is 6.76. The molecule has 2 aliphatic heterocycles. The highest BCUT2D eigenvalue weighted by Crippen LogP contribution is 2.17. The van der Waals surface area contributed by atoms with Crippen molar-refractivity contribution < 1.29 is 9.47 Å². The van der Waals surface area contributed by atoms with Crippen LogP contribution >= 0.6 is 81.5 Å². The van der Waals surface area contributed by atoms with Crippen molar-refractivity contribution in [2.24, 2.45) is 0 Å². The van der Waals surface area contributed by atoms with E-state index in [1.165, 1.54) is 58.5 Å². The van der Waals surface area contributed by atoms with Gasteiger partial charge in [0.05, 0.1) is 0 Å². The molecule has 2 aliphatic rings. The number of hydrogen-bond acceptors (Lipinski definition) is 6. The van der Waals surface area contributed by atoms with Crippen LogP contribution in [0.3, 0.4) is 0 Å². The molecule has 6 nitrogen and oxygen atoms in total. The van der Waals surface area contributed by atoms with E-state index in [4.69, 9.17) is 9.47 Å². The van der Waals surface area contributed by atoms with Gasteiger partial charge >= 0.3 is 0 Å². The first-order chi connectivity index (χ1) is 18.1. The molecule has 0 unspecified atom stereocenters. The molecule has 236 valence electrons. The fraction of sp³-hybridized carbons (Fsp3) is 0.586. The first-order valence-corrected chi connectivity index (χ1v) is 15.4. The molecule has 12 heteroatoms. The molecule has 0 bridgehead atoms. The number of unbranched alkanes of at least 4 members (excludes halogenated alkanes) is 2. The van der Waals surface area contributed by atoms with Crippen LogP contribution < -0.4 is 9.47 Å². The maximum absolute atomic E-state index is 5.89. The molecular formula is C29H46Br2Cl4N4O2. The Kier molecular flexibility index (Phi) is 23.4. The monoisotopic (exact) mass is 780 g/mol. The number of nitrogens with zero attached hydrogens (tertiary/aromatic N) is 4. The zero-order valence-electron chi connectivity index (χ0n) is 23.6. The van der Waals surface area contributed by atoms with Gasteiger partial charge in [-0.15, -0.1) is 49.6 Å². The maximum Gasteiger partial charge on any atom is 0.119 e. The minimum Gasteiger partial charge on any atom is -0.492 e. The Hall–Kier alpha value is -0.000000000000000111. The Bertz CT molecular complexity index is 829. The molecule has 2 heterocycles. The standard InChI is InChI=1S/C29H42Br2N4O2.4ClH/c30-26-4-8-28(9-5-26)36-24-22-34-18-14-32(15-19-34)12-2-1-3-13-33-16-20-35(21-17-33)23-25-37-29-10-6-27(31)7-11-29;;;;/h4-11H,1-3,12-25H2;4*1H. The Morgan fingerprint density at radius 2 is 0.732 bits per heavy atom. The molecule has 0 aromatic heterocycles. The lowest BCUT2D eigenvalue weighted by Crippen LogP contribution is -2.48. The number of ether oxygens (including phenoxy) is 2. The van der Waals surface area contributed by atoms with Gasteiger partial charge in [0.25, 0.3) is 0 Å². The van der Waals surface area contributed by atoms with Crippen molar-refractivity contribution in [1.29, 1.82) is 0 Å². The Morgan fingerprint density at radius 1 is 0.439 bits per heavy atom. The zero-order valence-corrected chi connectivity index (χ0v) is 30.1. The van der Waals surface area contributed by atoms with Crippen molar-refractivity contribution in [1.82, 2.24) is 19.6 Å². The van der Waals surface area contributed by atoms with E-state index in [1.807, 2.05) is 48.5 Å². The molecule has 0 spiro atoms. The highest BCUT2D eigenvalue weighted by molar-refractivity contribution is 9.10. The van der Waals surface area contributed by atoms with Crippen molar-refractivity contribution in [2.45, 2.75) is 19.3 Å². The Labute approximate surface area is 288 Å². The molecule has 0 aliphatic carbocycles. The third kappa shape index (κ3) is 16.0. The third-order valence-corrected chi connectivity index (χ3v) is 8.42. The van der Waals surface area contributed by atoms with Crippen molar-refractivity contribution in [3.05, 3.63) is 57.5 Å². The third-order valence-electron chi connectivity index (χ3n) is 7.36. The SMILES string of the molecule is Brc1ccc(OCCN2CCN(CCCCCN3CCN(CCOc4ccc(Br)cc4)CC3)CC2)cc1.Cl.Cl.Cl.Cl. The maximum atomic E-state index is 5.89. The molecule has 41 heavy (non-hydrogen) atoms. The average Bonchev–Trinajstić information content (AvgIpc) is 2.92. The van der Waals surface area contributed by atoms with Crippen molar-refractivity contribution >= 4 is 81.5 Å². The molecule has 0 saturated carbocycles. The summed E-state index contributed by atoms with van der Waals surface area (Å²) in [5, 5.41) is 0. The predicted molar refractivity (Wildman–Crippen MR) is 188 cm³/mol. The smallest absolute Gasteiger partial charge is 0.119 e. The lowest BCUT2D eigenvalue weighted by atomic mass is 10.2. The van der Waals surface area contributed by atoms with Gasteiger partial charge in [0.1, 0.15) is 24.7 Å². The number of rotatable bonds is 14. The molecule has 0 atom stereocenters. The van der Waals surface area contributed by atoms with E-state index in [2.05, 4.69) is 51.5 Å². The Morgan fingerprint density at radius 3 is 1.05 bits per heavy atom. The summed E-state index contributed by atoms with van der Waals surface area (Å²) in [6.45, 7) is 15.4. The second-order valence-electron chi connectivity index (χ2n) is 10.0. The van der Waals surface area contributed by atoms with Gasteiger partial charge in [-0.3, -0.25) is 9.80 Å². The minimum absolute atomic E-state index is 0. The molecule has 0 N–H and O–H groups in total. The normalized spacial score (nSPS) is 16.4. The summed E-state index contributed by atoms with van der Waals surface area (Å²) in [4.78, 5) is 10.3. The fourth-order valence-electron chi connectivity index (χ4n) is 4.97. The number of hydrogen-bond donors (Lipinski definition) is 0. The van der Waals surface area contributed by atoms with Gasteiger partial charge in [0, 0.05) is 74.4 Å². The van der Waals surface area contributed by atoms with Gasteiger partial charge in [-0.25, -0.2) is 0 Å². The summed E-state index contributed by atoms with van der Waals surface area (Å²) in [6, 6.07) is 16.2. The highest BCUT2D eigenvalue weighted by atomic mass is 79.9. The second-order valence-corrected chi connectivity index (χ2v) is 11.9. The highest BCUT2D eigenvalue weighted by Gasteiger charge is 2.18. The van der Waals surface area contributed by atoms with Crippen LogP contribution in [0.4, 0.5) is 0 Å². The molecule has 4 rings (SSSR count). The lowest BCUT2D eigenvalue weighted by Gasteiger charge is -2.35. The van der Waals surface area contributed by atoms with Crippen molar-refractivity contribution in [2.75, 3.05) is 91.8 Å². The van der Waals surface area contributed by atoms with E-state index in [0.717, 1.165) is 72.9 Å². The summed E-state index contributed by atoms with van der Waals surface area (Å²) < 4.78 is 13.9. The number of piperazine rings is 2. The van der Waals surface area contributed by atoms with Gasteiger partial charge in [0.2, 0.25) is 0 Å². The molecule has 0 amide bonds. The minimum atomic E-state index is 0. The second kappa shape index (κ2) is 23.4. The van der Waals surface area contributed by atoms with Gasteiger partial charge in [0.15, 0.2) is 0 Å². The van der Waals surface area contributed by atoms with Gasteiger partial charge in [-0.05, 0) is 74.5 Å². The quantitative estimate of drug-likeness (QED) is 0.197. The number of benzene rings is 2. The summed E-state index contributed by atoms with van der Waals surface area (Å²) in [5.41, 5.74) is 0. The van der Waals surface area contributed by atoms with E-state index in [9.17, 15) is 0 Å². The van der Waals surface area contributed by atoms with Crippen LogP contribution in [0.25, 0.3) is 0 Å². The van der Waals surface area contributed by atoms with Crippen molar-refractivity contribution in [3.63, 3.8) is 0 Å². The van der Waals surface area contributed by atoms with E-state index in [0.29, 0.717) is 0 Å². The Balaban J connectivity index is 0.00000400. The summed E-state index contributed by atoms with van der Waals surface area (Å²) in [5.74, 6) is 1.90. The van der Waals surface area contributed by atoms with Gasteiger partial charge < -0.3 is 19.3 Å². The first kappa shape index (κ1) is 41.0. The molecule has 2 aromatic rings.